The zero-order chi connectivity index (χ0) is 18.6. The fraction of sp³-hybridized carbons (Fsp3) is 0.318. The van der Waals surface area contributed by atoms with E-state index < -0.39 is 0 Å². The van der Waals surface area contributed by atoms with Crippen molar-refractivity contribution in [2.24, 2.45) is 0 Å². The highest BCUT2D eigenvalue weighted by Gasteiger charge is 2.15. The largest absolute Gasteiger partial charge is 0.349 e. The number of nitrogens with one attached hydrogen (secondary N) is 1. The lowest BCUT2D eigenvalue weighted by molar-refractivity contribution is -0.119. The number of benzene rings is 2. The molecule has 138 valence electrons. The summed E-state index contributed by atoms with van der Waals surface area (Å²) in [5.41, 5.74) is 4.09. The Bertz CT molecular complexity index is 967. The van der Waals surface area contributed by atoms with E-state index in [2.05, 4.69) is 33.7 Å². The van der Waals surface area contributed by atoms with Crippen LogP contribution >= 0.6 is 11.8 Å². The molecule has 0 radical (unpaired) electrons. The summed E-state index contributed by atoms with van der Waals surface area (Å²) in [5, 5.41) is 14.2. The number of rotatable bonds is 5. The number of aryl methyl sites for hydroxylation is 2. The van der Waals surface area contributed by atoms with Crippen LogP contribution in [0.25, 0.3) is 10.8 Å². The van der Waals surface area contributed by atoms with Crippen LogP contribution in [0.5, 0.6) is 0 Å². The number of carbonyl (C=O) groups excluding carboxylic acids is 1. The summed E-state index contributed by atoms with van der Waals surface area (Å²) in [6.07, 6.45) is 6.63. The molecule has 0 saturated heterocycles. The molecule has 1 aliphatic carbocycles. The second-order valence-electron chi connectivity index (χ2n) is 7.05. The first-order valence-corrected chi connectivity index (χ1v) is 10.4. The summed E-state index contributed by atoms with van der Waals surface area (Å²) in [7, 11) is 0. The van der Waals surface area contributed by atoms with Crippen LogP contribution in [0, 0.1) is 0 Å². The van der Waals surface area contributed by atoms with Gasteiger partial charge in [0.2, 0.25) is 5.91 Å². The molecule has 1 heterocycles. The standard InChI is InChI=1S/C22H23N3OS/c1-15(17-11-10-16-6-2-3-7-18(16)12-17)24-21(26)14-27-22-20-9-5-4-8-19(20)13-23-25-22/h4-5,8-13,15H,2-3,6-7,14H2,1H3,(H,24,26)/t15-/m1/s1. The Balaban J connectivity index is 1.39. The van der Waals surface area contributed by atoms with E-state index in [1.54, 1.807) is 6.20 Å². The first-order valence-electron chi connectivity index (χ1n) is 9.45. The molecular weight excluding hydrogens is 354 g/mol. The van der Waals surface area contributed by atoms with E-state index in [1.807, 2.05) is 31.2 Å². The van der Waals surface area contributed by atoms with Crippen LogP contribution < -0.4 is 5.32 Å². The third-order valence-corrected chi connectivity index (χ3v) is 6.11. The van der Waals surface area contributed by atoms with Crippen molar-refractivity contribution in [2.45, 2.75) is 43.7 Å². The van der Waals surface area contributed by atoms with Gasteiger partial charge >= 0.3 is 0 Å². The van der Waals surface area contributed by atoms with Crippen LogP contribution in [0.15, 0.2) is 53.7 Å². The highest BCUT2D eigenvalue weighted by atomic mass is 32.2. The Labute approximate surface area is 163 Å². The molecule has 0 bridgehead atoms. The molecule has 0 aliphatic heterocycles. The normalized spacial score (nSPS) is 14.6. The maximum Gasteiger partial charge on any atom is 0.230 e. The number of amides is 1. The number of carbonyl (C=O) groups is 1. The van der Waals surface area contributed by atoms with Gasteiger partial charge in [-0.15, -0.1) is 5.10 Å². The van der Waals surface area contributed by atoms with Crippen LogP contribution in [0.2, 0.25) is 0 Å². The predicted molar refractivity (Wildman–Crippen MR) is 110 cm³/mol. The number of nitrogens with zero attached hydrogens (tertiary/aromatic N) is 2. The van der Waals surface area contributed by atoms with Crippen LogP contribution in [0.1, 0.15) is 42.5 Å². The van der Waals surface area contributed by atoms with Gasteiger partial charge < -0.3 is 5.32 Å². The van der Waals surface area contributed by atoms with Gasteiger partial charge in [-0.05, 0) is 49.3 Å². The van der Waals surface area contributed by atoms with Gasteiger partial charge in [0.25, 0.3) is 0 Å². The van der Waals surface area contributed by atoms with Crippen LogP contribution in [-0.4, -0.2) is 21.9 Å². The summed E-state index contributed by atoms with van der Waals surface area (Å²) in [6, 6.07) is 14.6. The third-order valence-electron chi connectivity index (χ3n) is 5.13. The second-order valence-corrected chi connectivity index (χ2v) is 8.01. The summed E-state index contributed by atoms with van der Waals surface area (Å²) in [4.78, 5) is 12.4. The molecule has 1 aliphatic rings. The van der Waals surface area contributed by atoms with Crippen molar-refractivity contribution in [1.29, 1.82) is 0 Å². The lowest BCUT2D eigenvalue weighted by Gasteiger charge is -2.20. The van der Waals surface area contributed by atoms with Gasteiger partial charge in [-0.25, -0.2) is 0 Å². The zero-order valence-corrected chi connectivity index (χ0v) is 16.3. The van der Waals surface area contributed by atoms with Crippen molar-refractivity contribution in [3.63, 3.8) is 0 Å². The predicted octanol–water partition coefficient (Wildman–Crippen LogP) is 4.48. The Morgan fingerprint density at radius 2 is 1.96 bits per heavy atom. The molecule has 3 aromatic rings. The molecular formula is C22H23N3OS. The minimum atomic E-state index is 0.00364. The molecule has 0 unspecified atom stereocenters. The molecule has 5 heteroatoms. The Hall–Kier alpha value is -2.40. The average Bonchev–Trinajstić information content (AvgIpc) is 2.71. The van der Waals surface area contributed by atoms with Crippen molar-refractivity contribution in [3.05, 3.63) is 65.4 Å². The summed E-state index contributed by atoms with van der Waals surface area (Å²) in [5.74, 6) is 0.345. The molecule has 1 N–H and O–H groups in total. The molecule has 27 heavy (non-hydrogen) atoms. The van der Waals surface area contributed by atoms with Crippen LogP contribution in [0.3, 0.4) is 0 Å². The summed E-state index contributed by atoms with van der Waals surface area (Å²) >= 11 is 1.43. The Kier molecular flexibility index (Phi) is 5.39. The molecule has 4 nitrogen and oxygen atoms in total. The third kappa shape index (κ3) is 4.14. The summed E-state index contributed by atoms with van der Waals surface area (Å²) < 4.78 is 0. The number of aromatic nitrogens is 2. The van der Waals surface area contributed by atoms with E-state index in [0.717, 1.165) is 22.2 Å². The van der Waals surface area contributed by atoms with E-state index in [9.17, 15) is 4.79 Å². The van der Waals surface area contributed by atoms with Gasteiger partial charge in [0, 0.05) is 10.8 Å². The van der Waals surface area contributed by atoms with Gasteiger partial charge in [-0.1, -0.05) is 54.2 Å². The fourth-order valence-electron chi connectivity index (χ4n) is 3.63. The van der Waals surface area contributed by atoms with Crippen molar-refractivity contribution in [2.75, 3.05) is 5.75 Å². The first kappa shape index (κ1) is 18.0. The lowest BCUT2D eigenvalue weighted by Crippen LogP contribution is -2.28. The zero-order valence-electron chi connectivity index (χ0n) is 15.4. The summed E-state index contributed by atoms with van der Waals surface area (Å²) in [6.45, 7) is 2.05. The number of thioether (sulfide) groups is 1. The molecule has 4 rings (SSSR count). The average molecular weight is 378 g/mol. The topological polar surface area (TPSA) is 54.9 Å². The molecule has 0 saturated carbocycles. The van der Waals surface area contributed by atoms with E-state index in [1.165, 1.54) is 47.7 Å². The van der Waals surface area contributed by atoms with Gasteiger partial charge in [-0.2, -0.15) is 5.10 Å². The smallest absolute Gasteiger partial charge is 0.230 e. The van der Waals surface area contributed by atoms with Crippen molar-refractivity contribution in [1.82, 2.24) is 15.5 Å². The highest BCUT2D eigenvalue weighted by Crippen LogP contribution is 2.26. The molecule has 1 amide bonds. The van der Waals surface area contributed by atoms with E-state index >= 15 is 0 Å². The molecule has 1 aromatic heterocycles. The number of fused-ring (bicyclic) bond motifs is 2. The molecule has 2 aromatic carbocycles. The SMILES string of the molecule is C[C@@H](NC(=O)CSc1nncc2ccccc12)c1ccc2c(c1)CCCC2. The van der Waals surface area contributed by atoms with E-state index in [4.69, 9.17) is 0 Å². The first-order chi connectivity index (χ1) is 13.2. The van der Waals surface area contributed by atoms with E-state index in [0.29, 0.717) is 5.75 Å². The quantitative estimate of drug-likeness (QED) is 0.666. The number of hydrogen-bond acceptors (Lipinski definition) is 4. The van der Waals surface area contributed by atoms with Crippen molar-refractivity contribution in [3.8, 4) is 0 Å². The fourth-order valence-corrected chi connectivity index (χ4v) is 4.43. The maximum atomic E-state index is 12.4. The van der Waals surface area contributed by atoms with Gasteiger partial charge in [0.1, 0.15) is 5.03 Å². The maximum absolute atomic E-state index is 12.4. The molecule has 1 atom stereocenters. The monoisotopic (exact) mass is 377 g/mol. The van der Waals surface area contributed by atoms with E-state index in [-0.39, 0.29) is 11.9 Å². The van der Waals surface area contributed by atoms with Crippen LogP contribution in [-0.2, 0) is 17.6 Å². The Morgan fingerprint density at radius 1 is 1.15 bits per heavy atom. The van der Waals surface area contributed by atoms with Gasteiger partial charge in [-0.3, -0.25) is 4.79 Å². The second kappa shape index (κ2) is 8.09. The molecule has 0 spiro atoms. The van der Waals surface area contributed by atoms with Gasteiger partial charge in [0.05, 0.1) is 18.0 Å². The lowest BCUT2D eigenvalue weighted by atomic mass is 9.89. The minimum Gasteiger partial charge on any atom is -0.349 e. The number of hydrogen-bond donors (Lipinski definition) is 1. The highest BCUT2D eigenvalue weighted by molar-refractivity contribution is 8.00. The Morgan fingerprint density at radius 3 is 2.85 bits per heavy atom. The van der Waals surface area contributed by atoms with Crippen molar-refractivity contribution >= 4 is 28.4 Å². The van der Waals surface area contributed by atoms with Crippen LogP contribution in [0.4, 0.5) is 0 Å². The molecule has 0 fully saturated rings. The van der Waals surface area contributed by atoms with Gasteiger partial charge in [0.15, 0.2) is 0 Å². The van der Waals surface area contributed by atoms with Crippen molar-refractivity contribution < 1.29 is 4.79 Å². The minimum absolute atomic E-state index is 0.00364.